The SMILES string of the molecule is Brc1nc(CCc2ccco2)n2cnccc12. The van der Waals surface area contributed by atoms with Crippen molar-refractivity contribution < 1.29 is 4.42 Å². The number of hydrogen-bond donors (Lipinski definition) is 0. The average Bonchev–Trinajstić information content (AvgIpc) is 2.96. The Morgan fingerprint density at radius 2 is 2.24 bits per heavy atom. The van der Waals surface area contributed by atoms with Crippen molar-refractivity contribution >= 4 is 21.4 Å². The van der Waals surface area contributed by atoms with E-state index in [1.807, 2.05) is 22.6 Å². The van der Waals surface area contributed by atoms with E-state index < -0.39 is 0 Å². The van der Waals surface area contributed by atoms with Crippen LogP contribution in [0.5, 0.6) is 0 Å². The molecule has 3 rings (SSSR count). The number of aryl methyl sites for hydroxylation is 2. The monoisotopic (exact) mass is 291 g/mol. The second-order valence-electron chi connectivity index (χ2n) is 3.73. The fourth-order valence-electron chi connectivity index (χ4n) is 1.83. The van der Waals surface area contributed by atoms with E-state index in [-0.39, 0.29) is 0 Å². The van der Waals surface area contributed by atoms with Crippen LogP contribution in [-0.2, 0) is 12.8 Å². The number of imidazole rings is 1. The number of nitrogens with zero attached hydrogens (tertiary/aromatic N) is 3. The molecule has 0 aliphatic heterocycles. The molecule has 0 atom stereocenters. The van der Waals surface area contributed by atoms with Gasteiger partial charge in [-0.3, -0.25) is 4.40 Å². The van der Waals surface area contributed by atoms with Gasteiger partial charge in [0.2, 0.25) is 0 Å². The molecule has 0 N–H and O–H groups in total. The largest absolute Gasteiger partial charge is 0.469 e. The molecule has 3 aromatic heterocycles. The predicted molar refractivity (Wildman–Crippen MR) is 66.8 cm³/mol. The van der Waals surface area contributed by atoms with Crippen molar-refractivity contribution in [2.45, 2.75) is 12.8 Å². The topological polar surface area (TPSA) is 43.3 Å². The van der Waals surface area contributed by atoms with Crippen LogP contribution in [0.4, 0.5) is 0 Å². The summed E-state index contributed by atoms with van der Waals surface area (Å²) in [5, 5.41) is 0. The fraction of sp³-hybridized carbons (Fsp3) is 0.167. The third-order valence-electron chi connectivity index (χ3n) is 2.65. The molecular weight excluding hydrogens is 282 g/mol. The quantitative estimate of drug-likeness (QED) is 0.745. The molecule has 86 valence electrons. The minimum Gasteiger partial charge on any atom is -0.469 e. The Kier molecular flexibility index (Phi) is 2.68. The summed E-state index contributed by atoms with van der Waals surface area (Å²) in [6.07, 6.45) is 6.90. The van der Waals surface area contributed by atoms with E-state index in [0.29, 0.717) is 0 Å². The van der Waals surface area contributed by atoms with Crippen LogP contribution in [0.2, 0.25) is 0 Å². The molecule has 0 radical (unpaired) electrons. The van der Waals surface area contributed by atoms with Crippen LogP contribution in [0.15, 0.2) is 46.0 Å². The zero-order valence-corrected chi connectivity index (χ0v) is 10.6. The van der Waals surface area contributed by atoms with Gasteiger partial charge >= 0.3 is 0 Å². The van der Waals surface area contributed by atoms with Crippen molar-refractivity contribution in [3.05, 3.63) is 53.2 Å². The van der Waals surface area contributed by atoms with Gasteiger partial charge in [0.05, 0.1) is 11.8 Å². The fourth-order valence-corrected chi connectivity index (χ4v) is 2.35. The maximum absolute atomic E-state index is 5.31. The molecule has 0 amide bonds. The zero-order chi connectivity index (χ0) is 11.7. The van der Waals surface area contributed by atoms with Gasteiger partial charge < -0.3 is 4.42 Å². The second kappa shape index (κ2) is 4.33. The lowest BCUT2D eigenvalue weighted by Crippen LogP contribution is -1.97. The number of fused-ring (bicyclic) bond motifs is 1. The molecule has 0 unspecified atom stereocenters. The minimum absolute atomic E-state index is 0.825. The van der Waals surface area contributed by atoms with Gasteiger partial charge in [-0.1, -0.05) is 0 Å². The molecule has 0 aliphatic rings. The summed E-state index contributed by atoms with van der Waals surface area (Å²) in [6.45, 7) is 0. The van der Waals surface area contributed by atoms with E-state index in [2.05, 4.69) is 25.9 Å². The standard InChI is InChI=1S/C12H10BrN3O/c13-12-10-5-6-14-8-16(10)11(15-12)4-3-9-2-1-7-17-9/h1-2,5-8H,3-4H2. The van der Waals surface area contributed by atoms with Crippen molar-refractivity contribution in [1.82, 2.24) is 14.4 Å². The Labute approximate surface area is 106 Å². The van der Waals surface area contributed by atoms with Crippen LogP contribution in [0.25, 0.3) is 5.52 Å². The highest BCUT2D eigenvalue weighted by atomic mass is 79.9. The first kappa shape index (κ1) is 10.5. The normalized spacial score (nSPS) is 11.1. The lowest BCUT2D eigenvalue weighted by Gasteiger charge is -1.98. The second-order valence-corrected chi connectivity index (χ2v) is 4.48. The molecule has 0 aromatic carbocycles. The van der Waals surface area contributed by atoms with Crippen molar-refractivity contribution in [3.8, 4) is 0 Å². The average molecular weight is 292 g/mol. The highest BCUT2D eigenvalue weighted by Crippen LogP contribution is 2.19. The third-order valence-corrected chi connectivity index (χ3v) is 3.24. The van der Waals surface area contributed by atoms with E-state index in [1.165, 1.54) is 0 Å². The highest BCUT2D eigenvalue weighted by Gasteiger charge is 2.09. The molecule has 0 bridgehead atoms. The molecule has 0 spiro atoms. The molecule has 3 aromatic rings. The van der Waals surface area contributed by atoms with Crippen LogP contribution in [0.3, 0.4) is 0 Å². The Bertz CT molecular complexity index is 630. The Hall–Kier alpha value is -1.62. The summed E-state index contributed by atoms with van der Waals surface area (Å²) >= 11 is 3.45. The van der Waals surface area contributed by atoms with Gasteiger partial charge in [0.25, 0.3) is 0 Å². The van der Waals surface area contributed by atoms with Gasteiger partial charge in [-0.2, -0.15) is 0 Å². The summed E-state index contributed by atoms with van der Waals surface area (Å²) in [4.78, 5) is 8.60. The lowest BCUT2D eigenvalue weighted by atomic mass is 10.2. The molecule has 4 nitrogen and oxygen atoms in total. The Morgan fingerprint density at radius 3 is 3.06 bits per heavy atom. The van der Waals surface area contributed by atoms with E-state index in [0.717, 1.165) is 34.5 Å². The van der Waals surface area contributed by atoms with Crippen molar-refractivity contribution in [2.75, 3.05) is 0 Å². The summed E-state index contributed by atoms with van der Waals surface area (Å²) in [7, 11) is 0. The number of rotatable bonds is 3. The first-order valence-corrected chi connectivity index (χ1v) is 6.13. The van der Waals surface area contributed by atoms with Crippen LogP contribution < -0.4 is 0 Å². The van der Waals surface area contributed by atoms with E-state index in [1.54, 1.807) is 18.8 Å². The van der Waals surface area contributed by atoms with Gasteiger partial charge in [0.1, 0.15) is 22.5 Å². The van der Waals surface area contributed by atoms with E-state index in [9.17, 15) is 0 Å². The molecular formula is C12H10BrN3O. The molecule has 0 aliphatic carbocycles. The van der Waals surface area contributed by atoms with Gasteiger partial charge in [-0.15, -0.1) is 0 Å². The summed E-state index contributed by atoms with van der Waals surface area (Å²) in [6, 6.07) is 5.81. The number of aromatic nitrogens is 3. The first-order valence-electron chi connectivity index (χ1n) is 5.33. The molecule has 0 saturated carbocycles. The summed E-state index contributed by atoms with van der Waals surface area (Å²) in [5.74, 6) is 1.96. The molecule has 17 heavy (non-hydrogen) atoms. The third kappa shape index (κ3) is 1.98. The molecule has 0 saturated heterocycles. The van der Waals surface area contributed by atoms with Gasteiger partial charge in [0, 0.05) is 19.0 Å². The van der Waals surface area contributed by atoms with Crippen LogP contribution in [-0.4, -0.2) is 14.4 Å². The van der Waals surface area contributed by atoms with E-state index in [4.69, 9.17) is 4.42 Å². The zero-order valence-electron chi connectivity index (χ0n) is 9.01. The predicted octanol–water partition coefficient (Wildman–Crippen LogP) is 2.87. The Morgan fingerprint density at radius 1 is 1.29 bits per heavy atom. The summed E-state index contributed by atoms with van der Waals surface area (Å²) in [5.41, 5.74) is 1.04. The first-order chi connectivity index (χ1) is 8.34. The van der Waals surface area contributed by atoms with Crippen molar-refractivity contribution in [3.63, 3.8) is 0 Å². The van der Waals surface area contributed by atoms with E-state index >= 15 is 0 Å². The van der Waals surface area contributed by atoms with Gasteiger partial charge in [-0.25, -0.2) is 9.97 Å². The van der Waals surface area contributed by atoms with Gasteiger partial charge in [0.15, 0.2) is 0 Å². The highest BCUT2D eigenvalue weighted by molar-refractivity contribution is 9.10. The van der Waals surface area contributed by atoms with Crippen molar-refractivity contribution in [2.24, 2.45) is 0 Å². The number of halogens is 1. The van der Waals surface area contributed by atoms with Crippen LogP contribution >= 0.6 is 15.9 Å². The lowest BCUT2D eigenvalue weighted by molar-refractivity contribution is 0.506. The molecule has 3 heterocycles. The molecule has 5 heteroatoms. The molecule has 0 fully saturated rings. The summed E-state index contributed by atoms with van der Waals surface area (Å²) < 4.78 is 8.16. The van der Waals surface area contributed by atoms with Crippen LogP contribution in [0, 0.1) is 0 Å². The smallest absolute Gasteiger partial charge is 0.132 e. The van der Waals surface area contributed by atoms with Crippen molar-refractivity contribution in [1.29, 1.82) is 0 Å². The number of hydrogen-bond acceptors (Lipinski definition) is 3. The number of furan rings is 1. The van der Waals surface area contributed by atoms with Gasteiger partial charge in [-0.05, 0) is 34.1 Å². The van der Waals surface area contributed by atoms with Crippen LogP contribution in [0.1, 0.15) is 11.6 Å². The Balaban J connectivity index is 1.90. The minimum atomic E-state index is 0.825. The maximum atomic E-state index is 5.31. The maximum Gasteiger partial charge on any atom is 0.132 e.